The summed E-state index contributed by atoms with van der Waals surface area (Å²) in [4.78, 5) is 0. The predicted molar refractivity (Wildman–Crippen MR) is 69.2 cm³/mol. The summed E-state index contributed by atoms with van der Waals surface area (Å²) in [5.41, 5.74) is 1.29. The molecule has 0 spiro atoms. The van der Waals surface area contributed by atoms with E-state index in [-0.39, 0.29) is 23.8 Å². The van der Waals surface area contributed by atoms with Gasteiger partial charge in [-0.25, -0.2) is 8.78 Å². The van der Waals surface area contributed by atoms with Crippen molar-refractivity contribution in [3.8, 4) is 5.75 Å². The smallest absolute Gasteiger partial charge is 0.172 e. The Kier molecular flexibility index (Phi) is 2.66. The van der Waals surface area contributed by atoms with Crippen molar-refractivity contribution >= 4 is 16.5 Å². The minimum Gasteiger partial charge on any atom is -0.494 e. The molecule has 0 aromatic heterocycles. The van der Waals surface area contributed by atoms with E-state index in [1.54, 1.807) is 18.2 Å². The van der Waals surface area contributed by atoms with Crippen molar-refractivity contribution in [3.63, 3.8) is 0 Å². The molecule has 0 aliphatic heterocycles. The second-order valence-electron chi connectivity index (χ2n) is 4.39. The van der Waals surface area contributed by atoms with Gasteiger partial charge in [0.1, 0.15) is 5.83 Å². The van der Waals surface area contributed by atoms with Gasteiger partial charge in [0.2, 0.25) is 0 Å². The van der Waals surface area contributed by atoms with E-state index >= 15 is 0 Å². The fourth-order valence-corrected chi connectivity index (χ4v) is 2.59. The number of hydrogen-bond donors (Lipinski definition) is 0. The van der Waals surface area contributed by atoms with Crippen LogP contribution in [0.1, 0.15) is 11.1 Å². The molecule has 0 unspecified atom stereocenters. The highest BCUT2D eigenvalue weighted by molar-refractivity contribution is 5.99. The summed E-state index contributed by atoms with van der Waals surface area (Å²) in [6.45, 7) is 0. The maximum Gasteiger partial charge on any atom is 0.172 e. The average Bonchev–Trinajstić information content (AvgIpc) is 2.42. The molecule has 3 rings (SSSR count). The van der Waals surface area contributed by atoms with Gasteiger partial charge in [-0.3, -0.25) is 0 Å². The fourth-order valence-electron chi connectivity index (χ4n) is 2.59. The van der Waals surface area contributed by atoms with Gasteiger partial charge in [0.25, 0.3) is 0 Å². The number of hydrogen-bond acceptors (Lipinski definition) is 2. The van der Waals surface area contributed by atoms with Gasteiger partial charge in [-0.05, 0) is 17.0 Å². The van der Waals surface area contributed by atoms with Crippen LogP contribution in [-0.2, 0) is 11.2 Å². The van der Waals surface area contributed by atoms with Crippen molar-refractivity contribution in [2.24, 2.45) is 0 Å². The fraction of sp³-hybridized carbons (Fsp3) is 0.200. The van der Waals surface area contributed by atoms with Gasteiger partial charge >= 0.3 is 0 Å². The lowest BCUT2D eigenvalue weighted by Gasteiger charge is -2.20. The lowest BCUT2D eigenvalue weighted by atomic mass is 9.90. The van der Waals surface area contributed by atoms with E-state index < -0.39 is 5.82 Å². The molecule has 2 nitrogen and oxygen atoms in total. The average molecular weight is 262 g/mol. The first-order valence-electron chi connectivity index (χ1n) is 5.88. The zero-order chi connectivity index (χ0) is 13.6. The number of allylic oxidation sites excluding steroid dienone is 1. The highest BCUT2D eigenvalue weighted by Gasteiger charge is 2.25. The highest BCUT2D eigenvalue weighted by Crippen LogP contribution is 2.41. The number of ether oxygens (including phenoxy) is 2. The number of benzene rings is 2. The minimum absolute atomic E-state index is 0.0869. The number of halogens is 2. The molecule has 0 bridgehead atoms. The quantitative estimate of drug-likeness (QED) is 0.819. The summed E-state index contributed by atoms with van der Waals surface area (Å²) in [6.07, 6.45) is 0.124. The van der Waals surface area contributed by atoms with E-state index in [2.05, 4.69) is 0 Å². The molecule has 1 aliphatic rings. The molecule has 0 N–H and O–H groups in total. The summed E-state index contributed by atoms with van der Waals surface area (Å²) in [5.74, 6) is -0.539. The van der Waals surface area contributed by atoms with Crippen molar-refractivity contribution in [2.45, 2.75) is 6.42 Å². The third-order valence-corrected chi connectivity index (χ3v) is 3.41. The van der Waals surface area contributed by atoms with Crippen LogP contribution in [0.5, 0.6) is 5.75 Å². The Hall–Kier alpha value is -2.10. The van der Waals surface area contributed by atoms with Crippen LogP contribution in [0.15, 0.2) is 30.1 Å². The molecule has 19 heavy (non-hydrogen) atoms. The van der Waals surface area contributed by atoms with Crippen molar-refractivity contribution in [3.05, 3.63) is 47.0 Å². The van der Waals surface area contributed by atoms with Crippen molar-refractivity contribution in [1.29, 1.82) is 0 Å². The standard InChI is InChI=1S/C15H12F2O2/c1-18-12-7-10-13-8(6-11(16)15(10)19-2)4-3-5-9(13)14(12)17/h3-5,7H,6H2,1-2H3. The van der Waals surface area contributed by atoms with E-state index in [9.17, 15) is 8.78 Å². The Bertz CT molecular complexity index is 705. The number of rotatable bonds is 2. The Morgan fingerprint density at radius 1 is 1.11 bits per heavy atom. The molecular formula is C15H12F2O2. The zero-order valence-corrected chi connectivity index (χ0v) is 10.6. The first-order valence-corrected chi connectivity index (χ1v) is 5.88. The van der Waals surface area contributed by atoms with E-state index in [0.717, 1.165) is 5.56 Å². The molecule has 0 fully saturated rings. The molecule has 0 radical (unpaired) electrons. The molecular weight excluding hydrogens is 250 g/mol. The van der Waals surface area contributed by atoms with Gasteiger partial charge in [0, 0.05) is 17.4 Å². The Morgan fingerprint density at radius 3 is 2.58 bits per heavy atom. The molecule has 0 atom stereocenters. The summed E-state index contributed by atoms with van der Waals surface area (Å²) in [5, 5.41) is 1.12. The lowest BCUT2D eigenvalue weighted by molar-refractivity contribution is 0.352. The van der Waals surface area contributed by atoms with Gasteiger partial charge in [0.05, 0.1) is 14.2 Å². The molecule has 2 aromatic rings. The van der Waals surface area contributed by atoms with Crippen LogP contribution < -0.4 is 4.74 Å². The van der Waals surface area contributed by atoms with Crippen LogP contribution in [-0.4, -0.2) is 14.2 Å². The monoisotopic (exact) mass is 262 g/mol. The molecule has 98 valence electrons. The van der Waals surface area contributed by atoms with Crippen molar-refractivity contribution < 1.29 is 18.3 Å². The van der Waals surface area contributed by atoms with Gasteiger partial charge in [-0.1, -0.05) is 18.2 Å². The van der Waals surface area contributed by atoms with Crippen LogP contribution in [0.4, 0.5) is 8.78 Å². The Balaban J connectivity index is 2.47. The van der Waals surface area contributed by atoms with Crippen LogP contribution in [0.3, 0.4) is 0 Å². The Labute approximate surface area is 109 Å². The second kappa shape index (κ2) is 4.23. The van der Waals surface area contributed by atoms with Crippen LogP contribution >= 0.6 is 0 Å². The van der Waals surface area contributed by atoms with E-state index in [0.29, 0.717) is 16.3 Å². The van der Waals surface area contributed by atoms with Crippen LogP contribution in [0.2, 0.25) is 0 Å². The molecule has 2 aromatic carbocycles. The summed E-state index contributed by atoms with van der Waals surface area (Å²) in [7, 11) is 2.79. The maximum absolute atomic E-state index is 14.2. The largest absolute Gasteiger partial charge is 0.494 e. The first kappa shape index (κ1) is 12.0. The third kappa shape index (κ3) is 1.59. The van der Waals surface area contributed by atoms with Crippen molar-refractivity contribution in [2.75, 3.05) is 14.2 Å². The van der Waals surface area contributed by atoms with Gasteiger partial charge in [0.15, 0.2) is 17.3 Å². The minimum atomic E-state index is -0.430. The van der Waals surface area contributed by atoms with E-state index in [1.165, 1.54) is 20.3 Å². The Morgan fingerprint density at radius 2 is 1.89 bits per heavy atom. The first-order chi connectivity index (χ1) is 9.17. The highest BCUT2D eigenvalue weighted by atomic mass is 19.1. The normalized spacial score (nSPS) is 13.9. The summed E-state index contributed by atoms with van der Waals surface area (Å²) < 4.78 is 38.4. The molecule has 0 saturated carbocycles. The third-order valence-electron chi connectivity index (χ3n) is 3.41. The van der Waals surface area contributed by atoms with Crippen LogP contribution in [0.25, 0.3) is 16.5 Å². The molecule has 1 aliphatic carbocycles. The molecule has 0 saturated heterocycles. The van der Waals surface area contributed by atoms with E-state index in [4.69, 9.17) is 9.47 Å². The zero-order valence-electron chi connectivity index (χ0n) is 10.6. The summed E-state index contributed by atoms with van der Waals surface area (Å²) in [6, 6.07) is 6.66. The second-order valence-corrected chi connectivity index (χ2v) is 4.39. The predicted octanol–water partition coefficient (Wildman–Crippen LogP) is 3.83. The van der Waals surface area contributed by atoms with Gasteiger partial charge in [-0.15, -0.1) is 0 Å². The molecule has 0 amide bonds. The number of methoxy groups -OCH3 is 2. The topological polar surface area (TPSA) is 18.5 Å². The van der Waals surface area contributed by atoms with Gasteiger partial charge < -0.3 is 9.47 Å². The SMILES string of the molecule is COC1=C(F)Cc2cccc3c(F)c(OC)cc1c23. The maximum atomic E-state index is 14.2. The lowest BCUT2D eigenvalue weighted by Crippen LogP contribution is -2.05. The molecule has 4 heteroatoms. The van der Waals surface area contributed by atoms with Crippen molar-refractivity contribution in [1.82, 2.24) is 0 Å². The molecule has 0 heterocycles. The van der Waals surface area contributed by atoms with E-state index in [1.807, 2.05) is 0 Å². The van der Waals surface area contributed by atoms with Gasteiger partial charge in [-0.2, -0.15) is 0 Å². The summed E-state index contributed by atoms with van der Waals surface area (Å²) >= 11 is 0. The van der Waals surface area contributed by atoms with Crippen LogP contribution in [0, 0.1) is 5.82 Å².